The molecule has 2 heterocycles. The lowest BCUT2D eigenvalue weighted by Gasteiger charge is -2.17. The molecule has 1 aliphatic rings. The standard InChI is InChI=1S/C22H20ClN3O3/c1-29-20-14-19(25-9-2-3-10-25)18(23)13-17(20)22(28)24-15-6-4-7-16(12-15)26-11-5-8-21(26)27/h2-4,6-7,9-10,12-14H,5,8,11H2,1H3,(H,24,28). The summed E-state index contributed by atoms with van der Waals surface area (Å²) in [4.78, 5) is 26.6. The van der Waals surface area contributed by atoms with Gasteiger partial charge in [0.1, 0.15) is 5.75 Å². The molecule has 7 heteroatoms. The van der Waals surface area contributed by atoms with Crippen LogP contribution in [-0.4, -0.2) is 30.0 Å². The molecular formula is C22H20ClN3O3. The van der Waals surface area contributed by atoms with Crippen LogP contribution in [0.1, 0.15) is 23.2 Å². The van der Waals surface area contributed by atoms with Crippen LogP contribution in [-0.2, 0) is 4.79 Å². The maximum absolute atomic E-state index is 12.9. The molecule has 3 aromatic rings. The lowest BCUT2D eigenvalue weighted by atomic mass is 10.1. The Labute approximate surface area is 173 Å². The number of hydrogen-bond donors (Lipinski definition) is 1. The molecule has 0 radical (unpaired) electrons. The lowest BCUT2D eigenvalue weighted by molar-refractivity contribution is -0.117. The van der Waals surface area contributed by atoms with Crippen molar-refractivity contribution in [2.45, 2.75) is 12.8 Å². The highest BCUT2D eigenvalue weighted by Gasteiger charge is 2.22. The van der Waals surface area contributed by atoms with Gasteiger partial charge in [0.15, 0.2) is 0 Å². The zero-order valence-electron chi connectivity index (χ0n) is 15.9. The van der Waals surface area contributed by atoms with E-state index in [1.807, 2.05) is 41.2 Å². The van der Waals surface area contributed by atoms with Crippen molar-refractivity contribution in [3.05, 3.63) is 71.5 Å². The molecule has 4 rings (SSSR count). The molecule has 0 bridgehead atoms. The highest BCUT2D eigenvalue weighted by Crippen LogP contribution is 2.31. The van der Waals surface area contributed by atoms with Crippen molar-refractivity contribution < 1.29 is 14.3 Å². The number of halogens is 1. The molecule has 1 fully saturated rings. The normalized spacial score (nSPS) is 13.6. The predicted octanol–water partition coefficient (Wildman–Crippen LogP) is 4.52. The average Bonchev–Trinajstić information content (AvgIpc) is 3.39. The minimum atomic E-state index is -0.340. The molecule has 1 aromatic heterocycles. The molecule has 2 amide bonds. The summed E-state index contributed by atoms with van der Waals surface area (Å²) >= 11 is 6.42. The van der Waals surface area contributed by atoms with Crippen LogP contribution in [0.2, 0.25) is 5.02 Å². The van der Waals surface area contributed by atoms with Crippen LogP contribution in [0.25, 0.3) is 5.69 Å². The van der Waals surface area contributed by atoms with Crippen LogP contribution in [0.4, 0.5) is 11.4 Å². The fraction of sp³-hybridized carbons (Fsp3) is 0.182. The number of carbonyl (C=O) groups is 2. The molecule has 0 saturated carbocycles. The fourth-order valence-corrected chi connectivity index (χ4v) is 3.71. The highest BCUT2D eigenvalue weighted by atomic mass is 35.5. The largest absolute Gasteiger partial charge is 0.496 e. The number of amides is 2. The lowest BCUT2D eigenvalue weighted by Crippen LogP contribution is -2.23. The Kier molecular flexibility index (Phi) is 5.27. The van der Waals surface area contributed by atoms with E-state index in [2.05, 4.69) is 5.32 Å². The van der Waals surface area contributed by atoms with Gasteiger partial charge in [-0.3, -0.25) is 9.59 Å². The second-order valence-electron chi connectivity index (χ2n) is 6.75. The quantitative estimate of drug-likeness (QED) is 0.673. The van der Waals surface area contributed by atoms with E-state index in [9.17, 15) is 9.59 Å². The first-order valence-electron chi connectivity index (χ1n) is 9.29. The summed E-state index contributed by atoms with van der Waals surface area (Å²) in [6.07, 6.45) is 5.13. The van der Waals surface area contributed by atoms with Crippen LogP contribution in [0, 0.1) is 0 Å². The van der Waals surface area contributed by atoms with E-state index in [1.54, 1.807) is 29.2 Å². The molecule has 148 valence electrons. The van der Waals surface area contributed by atoms with Gasteiger partial charge in [-0.15, -0.1) is 0 Å². The summed E-state index contributed by atoms with van der Waals surface area (Å²) in [5.41, 5.74) is 2.42. The van der Waals surface area contributed by atoms with Crippen molar-refractivity contribution >= 4 is 34.8 Å². The van der Waals surface area contributed by atoms with Crippen LogP contribution in [0.5, 0.6) is 5.75 Å². The van der Waals surface area contributed by atoms with E-state index in [1.165, 1.54) is 7.11 Å². The topological polar surface area (TPSA) is 63.6 Å². The number of ether oxygens (including phenoxy) is 1. The molecule has 0 atom stereocenters. The van der Waals surface area contributed by atoms with Crippen LogP contribution in [0.3, 0.4) is 0 Å². The number of methoxy groups -OCH3 is 1. The number of nitrogens with zero attached hydrogens (tertiary/aromatic N) is 2. The molecule has 2 aromatic carbocycles. The smallest absolute Gasteiger partial charge is 0.259 e. The van der Waals surface area contributed by atoms with Gasteiger partial charge in [-0.2, -0.15) is 0 Å². The third-order valence-corrected chi connectivity index (χ3v) is 5.19. The number of hydrogen-bond acceptors (Lipinski definition) is 3. The number of carbonyl (C=O) groups excluding carboxylic acids is 2. The van der Waals surface area contributed by atoms with Crippen LogP contribution >= 0.6 is 11.6 Å². The predicted molar refractivity (Wildman–Crippen MR) is 113 cm³/mol. The Morgan fingerprint density at radius 2 is 1.93 bits per heavy atom. The van der Waals surface area contributed by atoms with Crippen molar-refractivity contribution in [3.63, 3.8) is 0 Å². The number of anilines is 2. The van der Waals surface area contributed by atoms with Gasteiger partial charge >= 0.3 is 0 Å². The molecular weight excluding hydrogens is 390 g/mol. The number of aromatic nitrogens is 1. The molecule has 1 saturated heterocycles. The summed E-state index contributed by atoms with van der Waals surface area (Å²) in [6, 6.07) is 14.4. The average molecular weight is 410 g/mol. The van der Waals surface area contributed by atoms with Crippen LogP contribution in [0.15, 0.2) is 60.9 Å². The maximum atomic E-state index is 12.9. The first kappa shape index (κ1) is 19.1. The molecule has 1 aliphatic heterocycles. The van der Waals surface area contributed by atoms with Crippen LogP contribution < -0.4 is 15.0 Å². The van der Waals surface area contributed by atoms with E-state index >= 15 is 0 Å². The Morgan fingerprint density at radius 3 is 2.62 bits per heavy atom. The van der Waals surface area contributed by atoms with Crippen molar-refractivity contribution in [1.29, 1.82) is 0 Å². The Bertz CT molecular complexity index is 1060. The summed E-state index contributed by atoms with van der Waals surface area (Å²) in [6.45, 7) is 0.695. The van der Waals surface area contributed by atoms with Gasteiger partial charge in [0.25, 0.3) is 5.91 Å². The van der Waals surface area contributed by atoms with Gasteiger partial charge < -0.3 is 19.5 Å². The fourth-order valence-electron chi connectivity index (χ4n) is 3.45. The monoisotopic (exact) mass is 409 g/mol. The summed E-state index contributed by atoms with van der Waals surface area (Å²) in [5.74, 6) is 0.178. The van der Waals surface area contributed by atoms with Crippen molar-refractivity contribution in [2.75, 3.05) is 23.9 Å². The van der Waals surface area contributed by atoms with E-state index < -0.39 is 0 Å². The van der Waals surface area contributed by atoms with Gasteiger partial charge in [0, 0.05) is 42.8 Å². The highest BCUT2D eigenvalue weighted by molar-refractivity contribution is 6.33. The van der Waals surface area contributed by atoms with Crippen molar-refractivity contribution in [3.8, 4) is 11.4 Å². The minimum Gasteiger partial charge on any atom is -0.496 e. The SMILES string of the molecule is COc1cc(-n2cccc2)c(Cl)cc1C(=O)Nc1cccc(N2CCCC2=O)c1. The first-order valence-corrected chi connectivity index (χ1v) is 9.67. The zero-order chi connectivity index (χ0) is 20.4. The second kappa shape index (κ2) is 8.01. The maximum Gasteiger partial charge on any atom is 0.259 e. The van der Waals surface area contributed by atoms with E-state index in [4.69, 9.17) is 16.3 Å². The third-order valence-electron chi connectivity index (χ3n) is 4.89. The molecule has 0 spiro atoms. The second-order valence-corrected chi connectivity index (χ2v) is 7.15. The van der Waals surface area contributed by atoms with Gasteiger partial charge in [-0.1, -0.05) is 17.7 Å². The summed E-state index contributed by atoms with van der Waals surface area (Å²) in [7, 11) is 1.51. The Morgan fingerprint density at radius 1 is 1.14 bits per heavy atom. The summed E-state index contributed by atoms with van der Waals surface area (Å²) in [5, 5.41) is 3.30. The number of nitrogens with one attached hydrogen (secondary N) is 1. The van der Waals surface area contributed by atoms with Crippen molar-refractivity contribution in [1.82, 2.24) is 4.57 Å². The Balaban J connectivity index is 1.60. The van der Waals surface area contributed by atoms with Crippen molar-refractivity contribution in [2.24, 2.45) is 0 Å². The number of benzene rings is 2. The third kappa shape index (κ3) is 3.84. The molecule has 6 nitrogen and oxygen atoms in total. The molecule has 0 unspecified atom stereocenters. The first-order chi connectivity index (χ1) is 14.1. The van der Waals surface area contributed by atoms with E-state index in [0.717, 1.165) is 17.8 Å². The van der Waals surface area contributed by atoms with E-state index in [-0.39, 0.29) is 11.8 Å². The molecule has 1 N–H and O–H groups in total. The van der Waals surface area contributed by atoms with Gasteiger partial charge in [0.05, 0.1) is 23.4 Å². The van der Waals surface area contributed by atoms with E-state index in [0.29, 0.717) is 35.0 Å². The number of rotatable bonds is 5. The molecule has 0 aliphatic carbocycles. The zero-order valence-corrected chi connectivity index (χ0v) is 16.6. The van der Waals surface area contributed by atoms with Gasteiger partial charge in [-0.05, 0) is 42.8 Å². The summed E-state index contributed by atoms with van der Waals surface area (Å²) < 4.78 is 7.28. The minimum absolute atomic E-state index is 0.0996. The van der Waals surface area contributed by atoms with Gasteiger partial charge in [-0.25, -0.2) is 0 Å². The molecule has 29 heavy (non-hydrogen) atoms. The van der Waals surface area contributed by atoms with Gasteiger partial charge in [0.2, 0.25) is 5.91 Å². The Hall–Kier alpha value is -3.25.